The number of phenols is 1. The number of benzene rings is 3. The van der Waals surface area contributed by atoms with E-state index in [1.54, 1.807) is 24.3 Å². The molecule has 0 radical (unpaired) electrons. The van der Waals surface area contributed by atoms with Crippen molar-refractivity contribution in [1.29, 1.82) is 0 Å². The number of rotatable bonds is 5. The highest BCUT2D eigenvalue weighted by Gasteiger charge is 2.31. The predicted octanol–water partition coefficient (Wildman–Crippen LogP) is 4.58. The van der Waals surface area contributed by atoms with Gasteiger partial charge < -0.3 is 10.2 Å². The second-order valence-corrected chi connectivity index (χ2v) is 7.10. The van der Waals surface area contributed by atoms with Gasteiger partial charge >= 0.3 is 18.1 Å². The molecule has 1 aliphatic heterocycles. The zero-order valence-corrected chi connectivity index (χ0v) is 17.1. The van der Waals surface area contributed by atoms with Gasteiger partial charge in [-0.1, -0.05) is 24.3 Å². The van der Waals surface area contributed by atoms with Crippen molar-refractivity contribution < 1.29 is 33.0 Å². The Balaban J connectivity index is 1.53. The summed E-state index contributed by atoms with van der Waals surface area (Å²) in [6, 6.07) is 14.6. The molecule has 4 rings (SSSR count). The number of carboxylic acids is 1. The van der Waals surface area contributed by atoms with Crippen LogP contribution in [0.15, 0.2) is 76.9 Å². The Bertz CT molecular complexity index is 1330. The summed E-state index contributed by atoms with van der Waals surface area (Å²) in [4.78, 5) is 23.8. The van der Waals surface area contributed by atoms with E-state index in [0.717, 1.165) is 35.5 Å². The molecule has 1 heterocycles. The van der Waals surface area contributed by atoms with Crippen LogP contribution in [-0.4, -0.2) is 34.0 Å². The number of para-hydroxylation sites is 1. The molecule has 3 N–H and O–H groups in total. The maximum Gasteiger partial charge on any atom is 0.416 e. The largest absolute Gasteiger partial charge is 0.505 e. The lowest BCUT2D eigenvalue weighted by Gasteiger charge is -2.13. The first-order valence-corrected chi connectivity index (χ1v) is 9.70. The number of hydrogen-bond donors (Lipinski definition) is 3. The zero-order chi connectivity index (χ0) is 24.5. The van der Waals surface area contributed by atoms with Gasteiger partial charge in [-0.05, 0) is 48.0 Å². The number of carboxylic acid groups (broad SMARTS) is 1. The topological polar surface area (TPSA) is 115 Å². The van der Waals surface area contributed by atoms with Gasteiger partial charge in [0.2, 0.25) is 0 Å². The molecule has 0 saturated heterocycles. The third-order valence-corrected chi connectivity index (χ3v) is 4.90. The fourth-order valence-electron chi connectivity index (χ4n) is 3.19. The smallest absolute Gasteiger partial charge is 0.416 e. The van der Waals surface area contributed by atoms with Crippen LogP contribution in [0.3, 0.4) is 0 Å². The molecule has 3 aromatic rings. The van der Waals surface area contributed by atoms with E-state index in [2.05, 4.69) is 15.6 Å². The fraction of sp³-hybridized carbons (Fsp3) is 0.0435. The van der Waals surface area contributed by atoms with E-state index in [1.807, 2.05) is 0 Å². The Kier molecular flexibility index (Phi) is 5.76. The molecule has 3 aromatic carbocycles. The average Bonchev–Trinajstić information content (AvgIpc) is 3.18. The Hall–Kier alpha value is -4.67. The molecule has 172 valence electrons. The van der Waals surface area contributed by atoms with E-state index in [-0.39, 0.29) is 28.4 Å². The maximum atomic E-state index is 12.7. The number of carbonyl (C=O) groups is 2. The van der Waals surface area contributed by atoms with Crippen molar-refractivity contribution in [2.45, 2.75) is 6.18 Å². The molecule has 0 fully saturated rings. The highest BCUT2D eigenvalue weighted by Crippen LogP contribution is 2.36. The van der Waals surface area contributed by atoms with Crippen molar-refractivity contribution in [1.82, 2.24) is 0 Å². The minimum atomic E-state index is -4.50. The van der Waals surface area contributed by atoms with Gasteiger partial charge in [0.25, 0.3) is 0 Å². The number of nitrogens with zero attached hydrogens (tertiary/aromatic N) is 3. The summed E-state index contributed by atoms with van der Waals surface area (Å²) in [5.41, 5.74) is 2.68. The molecule has 8 nitrogen and oxygen atoms in total. The number of alkyl halides is 3. The van der Waals surface area contributed by atoms with Crippen LogP contribution in [0.25, 0.3) is 11.1 Å². The van der Waals surface area contributed by atoms with Crippen LogP contribution in [-0.2, 0) is 11.0 Å². The van der Waals surface area contributed by atoms with Crippen LogP contribution in [0.4, 0.5) is 24.5 Å². The van der Waals surface area contributed by atoms with Gasteiger partial charge in [-0.2, -0.15) is 28.4 Å². The fourth-order valence-corrected chi connectivity index (χ4v) is 3.19. The minimum absolute atomic E-state index is 0.0478. The van der Waals surface area contributed by atoms with Gasteiger partial charge in [0.05, 0.1) is 28.7 Å². The van der Waals surface area contributed by atoms with Gasteiger partial charge in [0.1, 0.15) is 5.75 Å². The van der Waals surface area contributed by atoms with Crippen molar-refractivity contribution in [3.63, 3.8) is 0 Å². The van der Waals surface area contributed by atoms with E-state index < -0.39 is 23.6 Å². The Morgan fingerprint density at radius 3 is 2.41 bits per heavy atom. The van der Waals surface area contributed by atoms with E-state index in [4.69, 9.17) is 0 Å². The molecule has 1 amide bonds. The average molecular weight is 468 g/mol. The number of phenolic OH excluding ortho intramolecular Hbond substituents is 1. The van der Waals surface area contributed by atoms with Gasteiger partial charge in [-0.3, -0.25) is 10.2 Å². The number of aromatic hydroxyl groups is 1. The minimum Gasteiger partial charge on any atom is -0.505 e. The van der Waals surface area contributed by atoms with Gasteiger partial charge in [0.15, 0.2) is 5.71 Å². The van der Waals surface area contributed by atoms with E-state index in [0.29, 0.717) is 11.1 Å². The molecule has 0 saturated carbocycles. The lowest BCUT2D eigenvalue weighted by Crippen LogP contribution is -2.26. The molecule has 0 aliphatic carbocycles. The van der Waals surface area contributed by atoms with E-state index >= 15 is 0 Å². The van der Waals surface area contributed by atoms with Crippen molar-refractivity contribution in [2.24, 2.45) is 10.2 Å². The molecule has 1 aliphatic rings. The van der Waals surface area contributed by atoms with Crippen LogP contribution >= 0.6 is 0 Å². The van der Waals surface area contributed by atoms with Crippen LogP contribution in [0.2, 0.25) is 0 Å². The van der Waals surface area contributed by atoms with Crippen molar-refractivity contribution in [3.8, 4) is 16.9 Å². The normalized spacial score (nSPS) is 14.6. The number of hydrazone groups is 2. The van der Waals surface area contributed by atoms with Crippen LogP contribution in [0, 0.1) is 0 Å². The summed E-state index contributed by atoms with van der Waals surface area (Å²) in [7, 11) is 0. The van der Waals surface area contributed by atoms with Crippen LogP contribution in [0.1, 0.15) is 15.9 Å². The quantitative estimate of drug-likeness (QED) is 0.375. The third kappa shape index (κ3) is 4.44. The summed E-state index contributed by atoms with van der Waals surface area (Å²) in [6.07, 6.45) is -3.37. The number of carbonyl (C=O) groups excluding carboxylic acids is 1. The molecule has 11 heteroatoms. The molecule has 0 spiro atoms. The molecule has 34 heavy (non-hydrogen) atoms. The second kappa shape index (κ2) is 8.70. The SMILES string of the molecule is O=C(O)c1cccc(-c2cccc(NN=C3C=NN(c4ccc(C(F)(F)F)cc4)C3=O)c2O)c1. The Morgan fingerprint density at radius 2 is 1.74 bits per heavy atom. The lowest BCUT2D eigenvalue weighted by atomic mass is 10.0. The highest BCUT2D eigenvalue weighted by atomic mass is 19.4. The number of anilines is 2. The lowest BCUT2D eigenvalue weighted by molar-refractivity contribution is -0.137. The molecule has 0 aromatic heterocycles. The van der Waals surface area contributed by atoms with E-state index in [1.165, 1.54) is 18.2 Å². The maximum absolute atomic E-state index is 12.7. The van der Waals surface area contributed by atoms with Gasteiger partial charge in [-0.15, -0.1) is 0 Å². The number of amides is 1. The first-order chi connectivity index (χ1) is 16.1. The molecule has 0 unspecified atom stereocenters. The summed E-state index contributed by atoms with van der Waals surface area (Å²) >= 11 is 0. The van der Waals surface area contributed by atoms with Gasteiger partial charge in [0, 0.05) is 5.56 Å². The van der Waals surface area contributed by atoms with Crippen molar-refractivity contribution >= 4 is 35.2 Å². The van der Waals surface area contributed by atoms with Crippen LogP contribution in [0.5, 0.6) is 5.75 Å². The molecule has 0 bridgehead atoms. The van der Waals surface area contributed by atoms with Crippen molar-refractivity contribution in [3.05, 3.63) is 77.9 Å². The number of nitrogens with one attached hydrogen (secondary N) is 1. The third-order valence-electron chi connectivity index (χ3n) is 4.90. The summed E-state index contributed by atoms with van der Waals surface area (Å²) < 4.78 is 38.2. The zero-order valence-electron chi connectivity index (χ0n) is 17.1. The molecular formula is C23H15F3N4O4. The van der Waals surface area contributed by atoms with Crippen LogP contribution < -0.4 is 10.4 Å². The first-order valence-electron chi connectivity index (χ1n) is 9.70. The summed E-state index contributed by atoms with van der Waals surface area (Å²) in [6.45, 7) is 0. The summed E-state index contributed by atoms with van der Waals surface area (Å²) in [5, 5.41) is 28.5. The van der Waals surface area contributed by atoms with E-state index in [9.17, 15) is 33.0 Å². The second-order valence-electron chi connectivity index (χ2n) is 7.10. The number of hydrogen-bond acceptors (Lipinski definition) is 6. The molecule has 0 atom stereocenters. The Labute approximate surface area is 190 Å². The number of halogens is 3. The number of aromatic carboxylic acids is 1. The standard InChI is InChI=1S/C23H15F3N4O4/c24-23(25,26)15-7-9-16(10-8-15)30-21(32)19(12-27-30)29-28-18-6-2-5-17(20(18)31)13-3-1-4-14(11-13)22(33)34/h1-12,28,31H,(H,33,34). The monoisotopic (exact) mass is 468 g/mol. The Morgan fingerprint density at radius 1 is 1.03 bits per heavy atom. The van der Waals surface area contributed by atoms with Crippen molar-refractivity contribution in [2.75, 3.05) is 10.4 Å². The van der Waals surface area contributed by atoms with Gasteiger partial charge in [-0.25, -0.2) is 4.79 Å². The predicted molar refractivity (Wildman–Crippen MR) is 119 cm³/mol. The molecular weight excluding hydrogens is 453 g/mol. The first kappa shape index (κ1) is 22.5. The summed E-state index contributed by atoms with van der Waals surface area (Å²) in [5.74, 6) is -2.02. The highest BCUT2D eigenvalue weighted by molar-refractivity contribution is 6.65.